The van der Waals surface area contributed by atoms with Crippen LogP contribution in [0.1, 0.15) is 19.3 Å². The molecule has 1 amide bonds. The van der Waals surface area contributed by atoms with E-state index in [2.05, 4.69) is 10.6 Å². The van der Waals surface area contributed by atoms with E-state index in [1.165, 1.54) is 0 Å². The number of hydrogen-bond donors (Lipinski definition) is 2. The number of rotatable bonds is 5. The molecule has 1 aliphatic rings. The van der Waals surface area contributed by atoms with Crippen LogP contribution in [0.25, 0.3) is 0 Å². The molecule has 1 aliphatic heterocycles. The highest BCUT2D eigenvalue weighted by atomic mass is 16.5. The molecule has 0 aromatic heterocycles. The summed E-state index contributed by atoms with van der Waals surface area (Å²) in [5.41, 5.74) is 0.703. The van der Waals surface area contributed by atoms with Crippen molar-refractivity contribution in [3.8, 4) is 11.8 Å². The fourth-order valence-corrected chi connectivity index (χ4v) is 2.35. The summed E-state index contributed by atoms with van der Waals surface area (Å²) in [6.07, 6.45) is 2.78. The molecular formula is C15H19N3O2. The molecule has 5 nitrogen and oxygen atoms in total. The van der Waals surface area contributed by atoms with Crippen molar-refractivity contribution < 1.29 is 9.53 Å². The quantitative estimate of drug-likeness (QED) is 0.859. The highest BCUT2D eigenvalue weighted by molar-refractivity contribution is 5.91. The van der Waals surface area contributed by atoms with Gasteiger partial charge in [-0.2, -0.15) is 5.26 Å². The van der Waals surface area contributed by atoms with Gasteiger partial charge in [-0.25, -0.2) is 0 Å². The van der Waals surface area contributed by atoms with E-state index in [0.717, 1.165) is 25.9 Å². The zero-order valence-corrected chi connectivity index (χ0v) is 11.4. The average Bonchev–Trinajstić information content (AvgIpc) is 2.46. The van der Waals surface area contributed by atoms with E-state index in [0.29, 0.717) is 23.8 Å². The maximum atomic E-state index is 12.0. The monoisotopic (exact) mass is 273 g/mol. The lowest BCUT2D eigenvalue weighted by Gasteiger charge is -2.22. The van der Waals surface area contributed by atoms with Gasteiger partial charge in [0.25, 0.3) is 0 Å². The smallest absolute Gasteiger partial charge is 0.224 e. The van der Waals surface area contributed by atoms with Crippen molar-refractivity contribution in [3.05, 3.63) is 24.3 Å². The summed E-state index contributed by atoms with van der Waals surface area (Å²) in [7, 11) is 0. The lowest BCUT2D eigenvalue weighted by Crippen LogP contribution is -2.32. The minimum atomic E-state index is 0.00510. The highest BCUT2D eigenvalue weighted by Gasteiger charge is 2.16. The molecule has 1 aromatic carbocycles. The molecule has 20 heavy (non-hydrogen) atoms. The number of ether oxygens (including phenoxy) is 1. The van der Waals surface area contributed by atoms with Gasteiger partial charge >= 0.3 is 0 Å². The van der Waals surface area contributed by atoms with E-state index in [-0.39, 0.29) is 12.5 Å². The van der Waals surface area contributed by atoms with Gasteiger partial charge in [0, 0.05) is 18.2 Å². The van der Waals surface area contributed by atoms with E-state index < -0.39 is 0 Å². The fourth-order valence-electron chi connectivity index (χ4n) is 2.35. The second kappa shape index (κ2) is 7.51. The topological polar surface area (TPSA) is 74.1 Å². The van der Waals surface area contributed by atoms with Crippen LogP contribution in [0.4, 0.5) is 5.69 Å². The molecule has 1 unspecified atom stereocenters. The largest absolute Gasteiger partial charge is 0.479 e. The molecule has 2 N–H and O–H groups in total. The summed E-state index contributed by atoms with van der Waals surface area (Å²) >= 11 is 0. The first kappa shape index (κ1) is 14.4. The van der Waals surface area contributed by atoms with E-state index in [1.54, 1.807) is 18.2 Å². The van der Waals surface area contributed by atoms with Gasteiger partial charge in [0.1, 0.15) is 11.8 Å². The summed E-state index contributed by atoms with van der Waals surface area (Å²) in [6, 6.07) is 9.02. The fraction of sp³-hybridized carbons (Fsp3) is 0.467. The molecule has 106 valence electrons. The maximum Gasteiger partial charge on any atom is 0.224 e. The number of hydrogen-bond acceptors (Lipinski definition) is 4. The Bertz CT molecular complexity index is 490. The number of anilines is 1. The van der Waals surface area contributed by atoms with Crippen LogP contribution >= 0.6 is 0 Å². The second-order valence-corrected chi connectivity index (χ2v) is 4.94. The van der Waals surface area contributed by atoms with E-state index >= 15 is 0 Å². The Labute approximate surface area is 118 Å². The van der Waals surface area contributed by atoms with Crippen LogP contribution in [0.3, 0.4) is 0 Å². The molecule has 0 aliphatic carbocycles. The first-order valence-electron chi connectivity index (χ1n) is 6.88. The van der Waals surface area contributed by atoms with E-state index in [1.807, 2.05) is 12.1 Å². The van der Waals surface area contributed by atoms with Gasteiger partial charge in [-0.1, -0.05) is 6.07 Å². The first-order valence-corrected chi connectivity index (χ1v) is 6.88. The molecule has 1 saturated heterocycles. The lowest BCUT2D eigenvalue weighted by molar-refractivity contribution is -0.117. The molecule has 1 atom stereocenters. The van der Waals surface area contributed by atoms with Crippen molar-refractivity contribution >= 4 is 11.6 Å². The molecule has 5 heteroatoms. The summed E-state index contributed by atoms with van der Waals surface area (Å²) in [5, 5.41) is 14.7. The van der Waals surface area contributed by atoms with Crippen molar-refractivity contribution in [2.45, 2.75) is 19.3 Å². The van der Waals surface area contributed by atoms with Gasteiger partial charge in [-0.15, -0.1) is 0 Å². The van der Waals surface area contributed by atoms with Gasteiger partial charge in [0.05, 0.1) is 0 Å². The van der Waals surface area contributed by atoms with Crippen LogP contribution < -0.4 is 15.4 Å². The molecule has 1 heterocycles. The molecule has 1 aromatic rings. The maximum absolute atomic E-state index is 12.0. The number of carbonyl (C=O) groups excluding carboxylic acids is 1. The molecule has 0 saturated carbocycles. The van der Waals surface area contributed by atoms with Gasteiger partial charge < -0.3 is 15.4 Å². The third kappa shape index (κ3) is 4.56. The molecule has 0 spiro atoms. The highest BCUT2D eigenvalue weighted by Crippen LogP contribution is 2.19. The summed E-state index contributed by atoms with van der Waals surface area (Å²) in [6.45, 7) is 1.97. The Morgan fingerprint density at radius 3 is 3.20 bits per heavy atom. The van der Waals surface area contributed by atoms with Crippen molar-refractivity contribution in [1.82, 2.24) is 5.32 Å². The van der Waals surface area contributed by atoms with E-state index in [4.69, 9.17) is 10.00 Å². The zero-order valence-electron chi connectivity index (χ0n) is 11.4. The Morgan fingerprint density at radius 2 is 2.45 bits per heavy atom. The molecular weight excluding hydrogens is 254 g/mol. The number of nitriles is 1. The number of amides is 1. The molecule has 0 radical (unpaired) electrons. The van der Waals surface area contributed by atoms with Crippen molar-refractivity contribution in [1.29, 1.82) is 5.26 Å². The van der Waals surface area contributed by atoms with Crippen molar-refractivity contribution in [2.75, 3.05) is 25.0 Å². The molecule has 0 bridgehead atoms. The van der Waals surface area contributed by atoms with Crippen LogP contribution in [0.15, 0.2) is 24.3 Å². The van der Waals surface area contributed by atoms with Gasteiger partial charge in [-0.05, 0) is 44.0 Å². The minimum absolute atomic E-state index is 0.00510. The average molecular weight is 273 g/mol. The number of nitrogens with zero attached hydrogens (tertiary/aromatic N) is 1. The summed E-state index contributed by atoms with van der Waals surface area (Å²) in [4.78, 5) is 12.0. The number of piperidine rings is 1. The van der Waals surface area contributed by atoms with Gasteiger partial charge in [0.15, 0.2) is 6.61 Å². The van der Waals surface area contributed by atoms with Crippen molar-refractivity contribution in [3.63, 3.8) is 0 Å². The van der Waals surface area contributed by atoms with Crippen LogP contribution in [0.5, 0.6) is 5.75 Å². The Kier molecular flexibility index (Phi) is 5.39. The lowest BCUT2D eigenvalue weighted by atomic mass is 9.96. The predicted molar refractivity (Wildman–Crippen MR) is 76.4 cm³/mol. The number of benzene rings is 1. The third-order valence-electron chi connectivity index (χ3n) is 3.29. The molecule has 2 rings (SSSR count). The van der Waals surface area contributed by atoms with Crippen molar-refractivity contribution in [2.24, 2.45) is 5.92 Å². The minimum Gasteiger partial charge on any atom is -0.479 e. The van der Waals surface area contributed by atoms with Crippen LogP contribution in [-0.2, 0) is 4.79 Å². The van der Waals surface area contributed by atoms with Crippen LogP contribution in [0, 0.1) is 17.2 Å². The summed E-state index contributed by atoms with van der Waals surface area (Å²) in [5.74, 6) is 1.03. The Morgan fingerprint density at radius 1 is 1.55 bits per heavy atom. The van der Waals surface area contributed by atoms with E-state index in [9.17, 15) is 4.79 Å². The van der Waals surface area contributed by atoms with Gasteiger partial charge in [0.2, 0.25) is 5.91 Å². The van der Waals surface area contributed by atoms with Gasteiger partial charge in [-0.3, -0.25) is 4.79 Å². The number of carbonyl (C=O) groups is 1. The summed E-state index contributed by atoms with van der Waals surface area (Å²) < 4.78 is 5.20. The van der Waals surface area contributed by atoms with Crippen LogP contribution in [-0.4, -0.2) is 25.6 Å². The Hall–Kier alpha value is -2.06. The zero-order chi connectivity index (χ0) is 14.2. The molecule has 1 fully saturated rings. The van der Waals surface area contributed by atoms with Crippen LogP contribution in [0.2, 0.25) is 0 Å². The second-order valence-electron chi connectivity index (χ2n) is 4.94. The SMILES string of the molecule is N#CCOc1cccc(NC(=O)CC2CCCNC2)c1. The number of nitrogens with one attached hydrogen (secondary N) is 2. The normalized spacial score (nSPS) is 18.1. The third-order valence-corrected chi connectivity index (χ3v) is 3.29. The first-order chi connectivity index (χ1) is 9.78. The standard InChI is InChI=1S/C15H19N3O2/c16-6-8-20-14-5-1-4-13(10-14)18-15(19)9-12-3-2-7-17-11-12/h1,4-5,10,12,17H,2-3,7-9,11H2,(H,18,19). The predicted octanol–water partition coefficient (Wildman–Crippen LogP) is 1.92. The Balaban J connectivity index is 1.85.